The van der Waals surface area contributed by atoms with Crippen molar-refractivity contribution in [1.29, 1.82) is 0 Å². The van der Waals surface area contributed by atoms with Crippen LogP contribution in [0, 0.1) is 5.82 Å². The third-order valence-corrected chi connectivity index (χ3v) is 5.68. The van der Waals surface area contributed by atoms with E-state index in [1.165, 1.54) is 18.6 Å². The van der Waals surface area contributed by atoms with Crippen molar-refractivity contribution in [2.75, 3.05) is 23.7 Å². The van der Waals surface area contributed by atoms with Crippen LogP contribution in [-0.4, -0.2) is 46.9 Å². The molecular weight excluding hydrogens is 371 g/mol. The molecule has 0 spiro atoms. The molecule has 0 radical (unpaired) electrons. The van der Waals surface area contributed by atoms with Gasteiger partial charge in [0.1, 0.15) is 5.82 Å². The normalized spacial score (nSPS) is 21.1. The van der Waals surface area contributed by atoms with Gasteiger partial charge in [0, 0.05) is 44.3 Å². The Kier molecular flexibility index (Phi) is 5.49. The van der Waals surface area contributed by atoms with Gasteiger partial charge in [0.15, 0.2) is 0 Å². The van der Waals surface area contributed by atoms with Crippen molar-refractivity contribution >= 4 is 23.3 Å². The zero-order valence-electron chi connectivity index (χ0n) is 16.4. The minimum Gasteiger partial charge on any atom is -0.326 e. The summed E-state index contributed by atoms with van der Waals surface area (Å²) in [5, 5.41) is 5.47. The van der Waals surface area contributed by atoms with E-state index >= 15 is 0 Å². The monoisotopic (exact) mass is 396 g/mol. The maximum atomic E-state index is 13.8. The molecule has 2 aromatic carbocycles. The molecule has 3 amide bonds. The van der Waals surface area contributed by atoms with E-state index in [9.17, 15) is 14.0 Å². The number of amides is 3. The molecule has 2 unspecified atom stereocenters. The maximum Gasteiger partial charge on any atom is 0.322 e. The Labute approximate surface area is 169 Å². The first-order chi connectivity index (χ1) is 14.0. The summed E-state index contributed by atoms with van der Waals surface area (Å²) in [6, 6.07) is 14.5. The first-order valence-electron chi connectivity index (χ1n) is 9.92. The van der Waals surface area contributed by atoms with Crippen molar-refractivity contribution in [2.45, 2.75) is 38.4 Å². The van der Waals surface area contributed by atoms with Crippen LogP contribution in [0.15, 0.2) is 48.5 Å². The van der Waals surface area contributed by atoms with E-state index in [1.54, 1.807) is 23.1 Å². The SMILES string of the molecule is CC(=O)Nc1ccc(CN2C3CCC2CN(C(=O)Nc2ccccc2F)C3)cc1. The molecule has 4 rings (SSSR count). The van der Waals surface area contributed by atoms with Crippen molar-refractivity contribution in [1.82, 2.24) is 9.80 Å². The number of urea groups is 1. The number of benzene rings is 2. The highest BCUT2D eigenvalue weighted by atomic mass is 19.1. The Morgan fingerprint density at radius 3 is 2.28 bits per heavy atom. The van der Waals surface area contributed by atoms with E-state index in [0.717, 1.165) is 25.1 Å². The second kappa shape index (κ2) is 8.21. The Hall–Kier alpha value is -2.93. The standard InChI is InChI=1S/C22H25FN4O2/c1-15(28)24-17-8-6-16(7-9-17)12-27-18-10-11-19(27)14-26(13-18)22(29)25-21-5-3-2-4-20(21)23/h2-9,18-19H,10-14H2,1H3,(H,24,28)(H,25,29). The van der Waals surface area contributed by atoms with Crippen LogP contribution in [0.4, 0.5) is 20.6 Å². The second-order valence-electron chi connectivity index (χ2n) is 7.75. The highest BCUT2D eigenvalue weighted by Gasteiger charge is 2.41. The van der Waals surface area contributed by atoms with Crippen LogP contribution in [0.25, 0.3) is 0 Å². The van der Waals surface area contributed by atoms with Crippen molar-refractivity contribution < 1.29 is 14.0 Å². The summed E-state index contributed by atoms with van der Waals surface area (Å²) in [6.45, 7) is 3.59. The number of carbonyl (C=O) groups is 2. The maximum absolute atomic E-state index is 13.8. The Balaban J connectivity index is 1.37. The summed E-state index contributed by atoms with van der Waals surface area (Å²) in [5.74, 6) is -0.509. The molecule has 152 valence electrons. The van der Waals surface area contributed by atoms with Gasteiger partial charge in [0.25, 0.3) is 0 Å². The van der Waals surface area contributed by atoms with Crippen LogP contribution < -0.4 is 10.6 Å². The minimum atomic E-state index is -0.426. The Morgan fingerprint density at radius 1 is 1.00 bits per heavy atom. The lowest BCUT2D eigenvalue weighted by molar-refractivity contribution is -0.114. The molecule has 2 aliphatic rings. The fourth-order valence-corrected chi connectivity index (χ4v) is 4.28. The molecule has 29 heavy (non-hydrogen) atoms. The van der Waals surface area contributed by atoms with E-state index in [2.05, 4.69) is 15.5 Å². The number of hydrogen-bond acceptors (Lipinski definition) is 3. The van der Waals surface area contributed by atoms with E-state index in [1.807, 2.05) is 24.3 Å². The summed E-state index contributed by atoms with van der Waals surface area (Å²) in [5.41, 5.74) is 2.19. The number of halogens is 1. The lowest BCUT2D eigenvalue weighted by Gasteiger charge is -2.41. The second-order valence-corrected chi connectivity index (χ2v) is 7.75. The molecule has 2 N–H and O–H groups in total. The van der Waals surface area contributed by atoms with Gasteiger partial charge in [0.05, 0.1) is 5.69 Å². The molecule has 2 fully saturated rings. The smallest absolute Gasteiger partial charge is 0.322 e. The summed E-state index contributed by atoms with van der Waals surface area (Å²) < 4.78 is 13.8. The molecule has 2 aliphatic heterocycles. The Bertz CT molecular complexity index is 888. The average molecular weight is 396 g/mol. The van der Waals surface area contributed by atoms with Crippen LogP contribution in [0.1, 0.15) is 25.3 Å². The van der Waals surface area contributed by atoms with Crippen molar-refractivity contribution in [2.24, 2.45) is 0 Å². The van der Waals surface area contributed by atoms with Gasteiger partial charge in [-0.05, 0) is 42.7 Å². The highest BCUT2D eigenvalue weighted by Crippen LogP contribution is 2.32. The lowest BCUT2D eigenvalue weighted by Crippen LogP contribution is -2.55. The number of para-hydroxylation sites is 1. The molecule has 7 heteroatoms. The number of fused-ring (bicyclic) bond motifs is 2. The van der Waals surface area contributed by atoms with E-state index in [0.29, 0.717) is 25.2 Å². The quantitative estimate of drug-likeness (QED) is 0.829. The third-order valence-electron chi connectivity index (χ3n) is 5.68. The molecule has 2 saturated heterocycles. The van der Waals surface area contributed by atoms with Gasteiger partial charge in [0.2, 0.25) is 5.91 Å². The van der Waals surface area contributed by atoms with Gasteiger partial charge in [-0.1, -0.05) is 24.3 Å². The van der Waals surface area contributed by atoms with Crippen LogP contribution in [0.3, 0.4) is 0 Å². The van der Waals surface area contributed by atoms with Crippen molar-refractivity contribution in [3.63, 3.8) is 0 Å². The molecule has 2 heterocycles. The predicted octanol–water partition coefficient (Wildman–Crippen LogP) is 3.66. The zero-order chi connectivity index (χ0) is 20.4. The van der Waals surface area contributed by atoms with Gasteiger partial charge in [-0.2, -0.15) is 0 Å². The fraction of sp³-hybridized carbons (Fsp3) is 0.364. The fourth-order valence-electron chi connectivity index (χ4n) is 4.28. The summed E-state index contributed by atoms with van der Waals surface area (Å²) >= 11 is 0. The largest absolute Gasteiger partial charge is 0.326 e. The minimum absolute atomic E-state index is 0.0828. The van der Waals surface area contributed by atoms with Crippen LogP contribution in [-0.2, 0) is 11.3 Å². The Morgan fingerprint density at radius 2 is 1.66 bits per heavy atom. The summed E-state index contributed by atoms with van der Waals surface area (Å²) in [6.07, 6.45) is 2.11. The van der Waals surface area contributed by atoms with E-state index in [4.69, 9.17) is 0 Å². The first kappa shape index (κ1) is 19.4. The molecular formula is C22H25FN4O2. The number of piperazine rings is 1. The predicted molar refractivity (Wildman–Crippen MR) is 110 cm³/mol. The van der Waals surface area contributed by atoms with Gasteiger partial charge in [-0.15, -0.1) is 0 Å². The number of carbonyl (C=O) groups excluding carboxylic acids is 2. The van der Waals surface area contributed by atoms with E-state index < -0.39 is 5.82 Å². The molecule has 0 aliphatic carbocycles. The third kappa shape index (κ3) is 4.40. The summed E-state index contributed by atoms with van der Waals surface area (Å²) in [4.78, 5) is 28.0. The number of rotatable bonds is 4. The van der Waals surface area contributed by atoms with E-state index in [-0.39, 0.29) is 17.6 Å². The molecule has 2 atom stereocenters. The number of anilines is 2. The number of nitrogens with zero attached hydrogens (tertiary/aromatic N) is 2. The number of nitrogens with one attached hydrogen (secondary N) is 2. The topological polar surface area (TPSA) is 64.7 Å². The molecule has 0 aromatic heterocycles. The van der Waals surface area contributed by atoms with Crippen molar-refractivity contribution in [3.05, 3.63) is 59.9 Å². The first-order valence-corrected chi connectivity index (χ1v) is 9.92. The van der Waals surface area contributed by atoms with Crippen molar-refractivity contribution in [3.8, 4) is 0 Å². The highest BCUT2D eigenvalue weighted by molar-refractivity contribution is 5.89. The van der Waals surface area contributed by atoms with Gasteiger partial charge < -0.3 is 15.5 Å². The van der Waals surface area contributed by atoms with Crippen LogP contribution >= 0.6 is 0 Å². The van der Waals surface area contributed by atoms with Crippen LogP contribution in [0.2, 0.25) is 0 Å². The summed E-state index contributed by atoms with van der Waals surface area (Å²) in [7, 11) is 0. The molecule has 2 bridgehead atoms. The average Bonchev–Trinajstić information content (AvgIpc) is 2.92. The molecule has 0 saturated carbocycles. The number of likely N-dealkylation sites (tertiary alicyclic amines) is 1. The van der Waals surface area contributed by atoms with Gasteiger partial charge >= 0.3 is 6.03 Å². The molecule has 2 aromatic rings. The zero-order valence-corrected chi connectivity index (χ0v) is 16.4. The lowest BCUT2D eigenvalue weighted by atomic mass is 10.1. The number of hydrogen-bond donors (Lipinski definition) is 2. The molecule has 6 nitrogen and oxygen atoms in total. The van der Waals surface area contributed by atoms with Gasteiger partial charge in [-0.3, -0.25) is 9.69 Å². The van der Waals surface area contributed by atoms with Crippen LogP contribution in [0.5, 0.6) is 0 Å². The van der Waals surface area contributed by atoms with Gasteiger partial charge in [-0.25, -0.2) is 9.18 Å².